The molecule has 15 heavy (non-hydrogen) atoms. The standard InChI is InChI=1S/C11H20N2OS/c1-9-6-12-11(15-8-9)13-7-10-2-4-14-5-3-10/h9-10H,2-8H2,1H3,(H,12,13). The van der Waals surface area contributed by atoms with E-state index in [1.807, 2.05) is 11.8 Å². The second-order valence-corrected chi connectivity index (χ2v) is 5.51. The molecule has 0 radical (unpaired) electrons. The molecule has 4 heteroatoms. The normalized spacial score (nSPS) is 28.6. The van der Waals surface area contributed by atoms with Crippen molar-refractivity contribution in [3.63, 3.8) is 0 Å². The van der Waals surface area contributed by atoms with Gasteiger partial charge in [0.15, 0.2) is 5.17 Å². The van der Waals surface area contributed by atoms with Gasteiger partial charge in [0.05, 0.1) is 0 Å². The van der Waals surface area contributed by atoms with Crippen LogP contribution in [0.15, 0.2) is 4.99 Å². The predicted molar refractivity (Wildman–Crippen MR) is 65.5 cm³/mol. The highest BCUT2D eigenvalue weighted by Gasteiger charge is 2.16. The van der Waals surface area contributed by atoms with Crippen LogP contribution in [0.3, 0.4) is 0 Å². The Kier molecular flexibility index (Phi) is 4.32. The van der Waals surface area contributed by atoms with Crippen LogP contribution in [-0.4, -0.2) is 37.2 Å². The lowest BCUT2D eigenvalue weighted by molar-refractivity contribution is 0.0676. The van der Waals surface area contributed by atoms with E-state index in [9.17, 15) is 0 Å². The van der Waals surface area contributed by atoms with E-state index in [4.69, 9.17) is 4.74 Å². The highest BCUT2D eigenvalue weighted by Crippen LogP contribution is 2.17. The van der Waals surface area contributed by atoms with Crippen molar-refractivity contribution in [2.45, 2.75) is 19.8 Å². The van der Waals surface area contributed by atoms with Gasteiger partial charge in [-0.3, -0.25) is 4.99 Å². The minimum Gasteiger partial charge on any atom is -0.381 e. The lowest BCUT2D eigenvalue weighted by atomic mass is 10.0. The van der Waals surface area contributed by atoms with Crippen molar-refractivity contribution in [3.8, 4) is 0 Å². The van der Waals surface area contributed by atoms with Crippen LogP contribution in [0.5, 0.6) is 0 Å². The third kappa shape index (κ3) is 3.68. The summed E-state index contributed by atoms with van der Waals surface area (Å²) >= 11 is 1.87. The Balaban J connectivity index is 1.68. The molecule has 2 aliphatic rings. The molecule has 1 saturated heterocycles. The molecule has 1 N–H and O–H groups in total. The monoisotopic (exact) mass is 228 g/mol. The van der Waals surface area contributed by atoms with Gasteiger partial charge in [-0.05, 0) is 24.7 Å². The highest BCUT2D eigenvalue weighted by molar-refractivity contribution is 8.13. The average molecular weight is 228 g/mol. The molecule has 2 rings (SSSR count). The van der Waals surface area contributed by atoms with Gasteiger partial charge >= 0.3 is 0 Å². The third-order valence-electron chi connectivity index (χ3n) is 2.93. The van der Waals surface area contributed by atoms with E-state index < -0.39 is 0 Å². The van der Waals surface area contributed by atoms with Crippen LogP contribution >= 0.6 is 11.8 Å². The van der Waals surface area contributed by atoms with Gasteiger partial charge in [-0.25, -0.2) is 0 Å². The molecule has 1 unspecified atom stereocenters. The van der Waals surface area contributed by atoms with E-state index in [-0.39, 0.29) is 0 Å². The van der Waals surface area contributed by atoms with Crippen molar-refractivity contribution in [2.75, 3.05) is 32.1 Å². The van der Waals surface area contributed by atoms with Crippen LogP contribution in [0.4, 0.5) is 0 Å². The zero-order chi connectivity index (χ0) is 10.5. The average Bonchev–Trinajstić information content (AvgIpc) is 2.30. The van der Waals surface area contributed by atoms with Crippen molar-refractivity contribution >= 4 is 16.9 Å². The first-order valence-electron chi connectivity index (χ1n) is 5.83. The Morgan fingerprint density at radius 1 is 1.47 bits per heavy atom. The summed E-state index contributed by atoms with van der Waals surface area (Å²) in [6, 6.07) is 0. The topological polar surface area (TPSA) is 33.6 Å². The summed E-state index contributed by atoms with van der Waals surface area (Å²) in [5, 5.41) is 4.62. The number of ether oxygens (including phenoxy) is 1. The lowest BCUT2D eigenvalue weighted by Gasteiger charge is -2.24. The minimum atomic E-state index is 0.739. The zero-order valence-corrected chi connectivity index (χ0v) is 10.2. The van der Waals surface area contributed by atoms with Crippen LogP contribution < -0.4 is 5.32 Å². The summed E-state index contributed by atoms with van der Waals surface area (Å²) in [4.78, 5) is 4.53. The third-order valence-corrected chi connectivity index (χ3v) is 4.22. The maximum Gasteiger partial charge on any atom is 0.156 e. The van der Waals surface area contributed by atoms with Crippen molar-refractivity contribution in [2.24, 2.45) is 16.8 Å². The van der Waals surface area contributed by atoms with Gasteiger partial charge in [0, 0.05) is 32.1 Å². The molecular formula is C11H20N2OS. The fraction of sp³-hybridized carbons (Fsp3) is 0.909. The lowest BCUT2D eigenvalue weighted by Crippen LogP contribution is -2.32. The molecule has 86 valence electrons. The van der Waals surface area contributed by atoms with E-state index in [0.717, 1.165) is 43.3 Å². The molecule has 2 aliphatic heterocycles. The van der Waals surface area contributed by atoms with Gasteiger partial charge in [-0.15, -0.1) is 0 Å². The molecule has 1 fully saturated rings. The number of nitrogens with zero attached hydrogens (tertiary/aromatic N) is 1. The maximum atomic E-state index is 5.34. The first-order valence-corrected chi connectivity index (χ1v) is 6.82. The first-order chi connectivity index (χ1) is 7.34. The second-order valence-electron chi connectivity index (χ2n) is 4.50. The van der Waals surface area contributed by atoms with Crippen LogP contribution in [0.1, 0.15) is 19.8 Å². The molecule has 2 heterocycles. The van der Waals surface area contributed by atoms with Crippen molar-refractivity contribution in [3.05, 3.63) is 0 Å². The molecule has 0 aromatic heterocycles. The van der Waals surface area contributed by atoms with Gasteiger partial charge in [0.2, 0.25) is 0 Å². The van der Waals surface area contributed by atoms with Crippen molar-refractivity contribution in [1.29, 1.82) is 0 Å². The SMILES string of the molecule is CC1CN=C(NCC2CCOCC2)SC1. The van der Waals surface area contributed by atoms with E-state index in [0.29, 0.717) is 0 Å². The first kappa shape index (κ1) is 11.3. The van der Waals surface area contributed by atoms with Crippen LogP contribution in [0.2, 0.25) is 0 Å². The van der Waals surface area contributed by atoms with Crippen molar-refractivity contribution in [1.82, 2.24) is 5.32 Å². The van der Waals surface area contributed by atoms with Crippen LogP contribution in [0, 0.1) is 11.8 Å². The number of nitrogens with one attached hydrogen (secondary N) is 1. The Labute approximate surface area is 96.1 Å². The van der Waals surface area contributed by atoms with E-state index in [2.05, 4.69) is 17.2 Å². The van der Waals surface area contributed by atoms with E-state index in [1.165, 1.54) is 18.6 Å². The molecular weight excluding hydrogens is 208 g/mol. The Bertz CT molecular complexity index is 227. The van der Waals surface area contributed by atoms with E-state index >= 15 is 0 Å². The number of hydrogen-bond donors (Lipinski definition) is 1. The zero-order valence-electron chi connectivity index (χ0n) is 9.37. The fourth-order valence-electron chi connectivity index (χ4n) is 1.85. The van der Waals surface area contributed by atoms with Gasteiger partial charge in [0.25, 0.3) is 0 Å². The minimum absolute atomic E-state index is 0.739. The number of rotatable bonds is 2. The number of hydrogen-bond acceptors (Lipinski definition) is 4. The molecule has 1 atom stereocenters. The summed E-state index contributed by atoms with van der Waals surface area (Å²) < 4.78 is 5.34. The van der Waals surface area contributed by atoms with Crippen LogP contribution in [-0.2, 0) is 4.74 Å². The molecule has 0 amide bonds. The molecule has 0 saturated carbocycles. The molecule has 3 nitrogen and oxygen atoms in total. The maximum absolute atomic E-state index is 5.34. The molecule has 0 aliphatic carbocycles. The Morgan fingerprint density at radius 3 is 2.93 bits per heavy atom. The summed E-state index contributed by atoms with van der Waals surface area (Å²) in [6.45, 7) is 6.18. The number of thioether (sulfide) groups is 1. The van der Waals surface area contributed by atoms with E-state index in [1.54, 1.807) is 0 Å². The predicted octanol–water partition coefficient (Wildman–Crippen LogP) is 1.74. The second kappa shape index (κ2) is 5.75. The molecule has 0 aromatic rings. The molecule has 0 aromatic carbocycles. The van der Waals surface area contributed by atoms with Gasteiger partial charge < -0.3 is 10.1 Å². The highest BCUT2D eigenvalue weighted by atomic mass is 32.2. The smallest absolute Gasteiger partial charge is 0.156 e. The van der Waals surface area contributed by atoms with Gasteiger partial charge in [-0.1, -0.05) is 18.7 Å². The Morgan fingerprint density at radius 2 is 2.27 bits per heavy atom. The molecule has 0 spiro atoms. The number of aliphatic imine (C=N–C) groups is 1. The molecule has 0 bridgehead atoms. The Hall–Kier alpha value is -0.220. The van der Waals surface area contributed by atoms with Crippen molar-refractivity contribution < 1.29 is 4.74 Å². The summed E-state index contributed by atoms with van der Waals surface area (Å²) in [5.41, 5.74) is 0. The van der Waals surface area contributed by atoms with Crippen LogP contribution in [0.25, 0.3) is 0 Å². The fourth-order valence-corrected chi connectivity index (χ4v) is 2.75. The summed E-state index contributed by atoms with van der Waals surface area (Å²) in [5.74, 6) is 2.73. The van der Waals surface area contributed by atoms with Gasteiger partial charge in [0.1, 0.15) is 0 Å². The summed E-state index contributed by atoms with van der Waals surface area (Å²) in [6.07, 6.45) is 2.39. The quantitative estimate of drug-likeness (QED) is 0.781. The largest absolute Gasteiger partial charge is 0.381 e. The summed E-state index contributed by atoms with van der Waals surface area (Å²) in [7, 11) is 0. The number of amidine groups is 1. The van der Waals surface area contributed by atoms with Gasteiger partial charge in [-0.2, -0.15) is 0 Å².